The van der Waals surface area contributed by atoms with Crippen molar-refractivity contribution >= 4 is 22.8 Å². The Hall–Kier alpha value is -3.48. The predicted octanol–water partition coefficient (Wildman–Crippen LogP) is 2.53. The number of hydrogen-bond acceptors (Lipinski definition) is 4. The monoisotopic (exact) mass is 318 g/mol. The van der Waals surface area contributed by atoms with Crippen molar-refractivity contribution in [3.05, 3.63) is 60.4 Å². The maximum atomic E-state index is 12.2. The molecule has 0 bridgehead atoms. The average Bonchev–Trinajstić information content (AvgIpc) is 3.23. The molecule has 118 valence electrons. The lowest BCUT2D eigenvalue weighted by molar-refractivity contribution is -0.115. The quantitative estimate of drug-likeness (QED) is 0.538. The Morgan fingerprint density at radius 3 is 2.83 bits per heavy atom. The van der Waals surface area contributed by atoms with Crippen molar-refractivity contribution in [3.8, 4) is 11.5 Å². The van der Waals surface area contributed by atoms with Crippen LogP contribution in [-0.2, 0) is 11.2 Å². The van der Waals surface area contributed by atoms with Gasteiger partial charge in [-0.25, -0.2) is 0 Å². The molecular formula is C17H14N6O. The Bertz CT molecular complexity index is 988. The molecular weight excluding hydrogens is 304 g/mol. The lowest BCUT2D eigenvalue weighted by Gasteiger charge is -2.00. The number of aromatic nitrogens is 5. The van der Waals surface area contributed by atoms with Crippen LogP contribution in [0.4, 0.5) is 5.95 Å². The highest BCUT2D eigenvalue weighted by atomic mass is 16.1. The molecule has 4 aromatic rings. The maximum absolute atomic E-state index is 12.2. The first kappa shape index (κ1) is 14.1. The Morgan fingerprint density at radius 1 is 1.08 bits per heavy atom. The molecule has 0 aliphatic rings. The standard InChI is InChI=1S/C17H14N6O/c24-15(9-11-10-19-13-6-2-1-5-12(11)13)20-17-21-16(22-23-17)14-7-3-4-8-18-14/h1-8,10,19H,9H2,(H2,20,21,22,23,24). The molecule has 24 heavy (non-hydrogen) atoms. The highest BCUT2D eigenvalue weighted by Crippen LogP contribution is 2.18. The van der Waals surface area contributed by atoms with Crippen LogP contribution >= 0.6 is 0 Å². The van der Waals surface area contributed by atoms with E-state index in [1.54, 1.807) is 6.20 Å². The summed E-state index contributed by atoms with van der Waals surface area (Å²) in [7, 11) is 0. The molecule has 0 unspecified atom stereocenters. The Labute approximate surface area is 137 Å². The van der Waals surface area contributed by atoms with Gasteiger partial charge < -0.3 is 9.97 Å². The number of benzene rings is 1. The minimum Gasteiger partial charge on any atom is -0.361 e. The first-order valence-corrected chi connectivity index (χ1v) is 7.48. The number of fused-ring (bicyclic) bond motifs is 1. The number of hydrogen-bond donors (Lipinski definition) is 3. The molecule has 3 N–H and O–H groups in total. The van der Waals surface area contributed by atoms with Crippen LogP contribution in [0, 0.1) is 0 Å². The van der Waals surface area contributed by atoms with Gasteiger partial charge in [0, 0.05) is 23.3 Å². The van der Waals surface area contributed by atoms with Crippen molar-refractivity contribution in [3.63, 3.8) is 0 Å². The maximum Gasteiger partial charge on any atom is 0.231 e. The Balaban J connectivity index is 1.48. The first-order valence-electron chi connectivity index (χ1n) is 7.48. The molecule has 0 saturated carbocycles. The third-order valence-corrected chi connectivity index (χ3v) is 3.68. The van der Waals surface area contributed by atoms with Gasteiger partial charge in [0.25, 0.3) is 0 Å². The second kappa shape index (κ2) is 5.96. The zero-order valence-corrected chi connectivity index (χ0v) is 12.7. The van der Waals surface area contributed by atoms with Gasteiger partial charge in [-0.1, -0.05) is 24.3 Å². The Kier molecular flexibility index (Phi) is 3.51. The molecule has 0 fully saturated rings. The minimum absolute atomic E-state index is 0.163. The summed E-state index contributed by atoms with van der Waals surface area (Å²) in [5, 5.41) is 11.7. The number of anilines is 1. The van der Waals surface area contributed by atoms with Crippen LogP contribution in [-0.4, -0.2) is 31.1 Å². The van der Waals surface area contributed by atoms with E-state index in [4.69, 9.17) is 0 Å². The van der Waals surface area contributed by atoms with Crippen LogP contribution in [0.5, 0.6) is 0 Å². The van der Waals surface area contributed by atoms with Crippen molar-refractivity contribution in [2.24, 2.45) is 0 Å². The van der Waals surface area contributed by atoms with Crippen LogP contribution in [0.25, 0.3) is 22.4 Å². The van der Waals surface area contributed by atoms with Crippen molar-refractivity contribution in [1.29, 1.82) is 0 Å². The molecule has 0 atom stereocenters. The van der Waals surface area contributed by atoms with E-state index in [9.17, 15) is 4.79 Å². The number of carbonyl (C=O) groups excluding carboxylic acids is 1. The lowest BCUT2D eigenvalue weighted by atomic mass is 10.1. The number of carbonyl (C=O) groups is 1. The van der Waals surface area contributed by atoms with E-state index in [-0.39, 0.29) is 12.3 Å². The number of aromatic amines is 2. The van der Waals surface area contributed by atoms with Crippen LogP contribution < -0.4 is 5.32 Å². The average molecular weight is 318 g/mol. The van der Waals surface area contributed by atoms with E-state index in [2.05, 4.69) is 30.5 Å². The van der Waals surface area contributed by atoms with Gasteiger partial charge in [0.2, 0.25) is 11.9 Å². The van der Waals surface area contributed by atoms with Crippen molar-refractivity contribution in [2.75, 3.05) is 5.32 Å². The second-order valence-electron chi connectivity index (χ2n) is 5.32. The molecule has 0 spiro atoms. The second-order valence-corrected chi connectivity index (χ2v) is 5.32. The van der Waals surface area contributed by atoms with Gasteiger partial charge in [-0.3, -0.25) is 15.1 Å². The van der Waals surface area contributed by atoms with Crippen LogP contribution in [0.2, 0.25) is 0 Å². The highest BCUT2D eigenvalue weighted by Gasteiger charge is 2.12. The zero-order valence-electron chi connectivity index (χ0n) is 12.7. The van der Waals surface area contributed by atoms with Crippen molar-refractivity contribution < 1.29 is 4.79 Å². The van der Waals surface area contributed by atoms with E-state index in [1.165, 1.54) is 0 Å². The normalized spacial score (nSPS) is 10.8. The molecule has 0 aliphatic heterocycles. The van der Waals surface area contributed by atoms with E-state index in [0.29, 0.717) is 17.5 Å². The highest BCUT2D eigenvalue weighted by molar-refractivity contribution is 5.94. The SMILES string of the molecule is O=C(Cc1c[nH]c2ccccc12)Nc1nnc(-c2ccccn2)[nH]1. The van der Waals surface area contributed by atoms with Crippen molar-refractivity contribution in [1.82, 2.24) is 25.1 Å². The summed E-state index contributed by atoms with van der Waals surface area (Å²) in [4.78, 5) is 22.5. The van der Waals surface area contributed by atoms with E-state index >= 15 is 0 Å². The number of H-pyrrole nitrogens is 2. The molecule has 1 amide bonds. The number of para-hydroxylation sites is 1. The van der Waals surface area contributed by atoms with Gasteiger partial charge in [-0.05, 0) is 23.8 Å². The number of rotatable bonds is 4. The molecule has 1 aromatic carbocycles. The summed E-state index contributed by atoms with van der Waals surface area (Å²) < 4.78 is 0. The number of pyridine rings is 1. The smallest absolute Gasteiger partial charge is 0.231 e. The zero-order chi connectivity index (χ0) is 16.4. The van der Waals surface area contributed by atoms with Crippen molar-refractivity contribution in [2.45, 2.75) is 6.42 Å². The van der Waals surface area contributed by atoms with E-state index in [0.717, 1.165) is 16.5 Å². The fourth-order valence-electron chi connectivity index (χ4n) is 2.56. The van der Waals surface area contributed by atoms with Gasteiger partial charge >= 0.3 is 0 Å². The van der Waals surface area contributed by atoms with Gasteiger partial charge in [0.1, 0.15) is 5.69 Å². The topological polar surface area (TPSA) is 99.3 Å². The van der Waals surface area contributed by atoms with E-state index in [1.807, 2.05) is 48.7 Å². The molecule has 7 heteroatoms. The first-order chi connectivity index (χ1) is 11.8. The fraction of sp³-hybridized carbons (Fsp3) is 0.0588. The van der Waals surface area contributed by atoms with Gasteiger partial charge in [0.05, 0.1) is 6.42 Å². The lowest BCUT2D eigenvalue weighted by Crippen LogP contribution is -2.15. The third kappa shape index (κ3) is 2.74. The molecule has 7 nitrogen and oxygen atoms in total. The largest absolute Gasteiger partial charge is 0.361 e. The summed E-state index contributed by atoms with van der Waals surface area (Å²) in [6.07, 6.45) is 3.78. The molecule has 0 saturated heterocycles. The molecule has 0 radical (unpaired) electrons. The van der Waals surface area contributed by atoms with Crippen LogP contribution in [0.1, 0.15) is 5.56 Å². The number of amides is 1. The van der Waals surface area contributed by atoms with E-state index < -0.39 is 0 Å². The summed E-state index contributed by atoms with van der Waals surface area (Å²) in [6, 6.07) is 13.4. The van der Waals surface area contributed by atoms with Crippen LogP contribution in [0.15, 0.2) is 54.9 Å². The van der Waals surface area contributed by atoms with Gasteiger partial charge in [-0.2, -0.15) is 0 Å². The molecule has 3 heterocycles. The molecule has 3 aromatic heterocycles. The Morgan fingerprint density at radius 2 is 1.96 bits per heavy atom. The summed E-state index contributed by atoms with van der Waals surface area (Å²) in [5.74, 6) is 0.655. The van der Waals surface area contributed by atoms with Gasteiger partial charge in [0.15, 0.2) is 5.82 Å². The fourth-order valence-corrected chi connectivity index (χ4v) is 2.56. The molecule has 4 rings (SSSR count). The predicted molar refractivity (Wildman–Crippen MR) is 90.2 cm³/mol. The van der Waals surface area contributed by atoms with Crippen LogP contribution in [0.3, 0.4) is 0 Å². The summed E-state index contributed by atoms with van der Waals surface area (Å²) >= 11 is 0. The third-order valence-electron chi connectivity index (χ3n) is 3.68. The molecule has 0 aliphatic carbocycles. The number of nitrogens with zero attached hydrogens (tertiary/aromatic N) is 3. The van der Waals surface area contributed by atoms with Gasteiger partial charge in [-0.15, -0.1) is 10.2 Å². The summed E-state index contributed by atoms with van der Waals surface area (Å²) in [5.41, 5.74) is 2.62. The number of nitrogens with one attached hydrogen (secondary N) is 3. The minimum atomic E-state index is -0.163. The summed E-state index contributed by atoms with van der Waals surface area (Å²) in [6.45, 7) is 0.